The molecule has 1 N–H and O–H groups in total. The van der Waals surface area contributed by atoms with Gasteiger partial charge in [-0.3, -0.25) is 4.79 Å². The lowest BCUT2D eigenvalue weighted by Crippen LogP contribution is -2.28. The lowest BCUT2D eigenvalue weighted by atomic mass is 10.2. The van der Waals surface area contributed by atoms with Crippen molar-refractivity contribution in [3.05, 3.63) is 58.9 Å². The minimum atomic E-state index is -0.632. The Balaban J connectivity index is 1.83. The number of amides is 1. The number of rotatable bonds is 6. The monoisotopic (exact) mass is 323 g/mol. The number of carbonyl (C=O) groups excluding carboxylic acids is 1. The average Bonchev–Trinajstić information content (AvgIpc) is 2.51. The van der Waals surface area contributed by atoms with Crippen LogP contribution >= 0.6 is 11.6 Å². The van der Waals surface area contributed by atoms with E-state index in [0.717, 1.165) is 6.07 Å². The minimum Gasteiger partial charge on any atom is -0.497 e. The summed E-state index contributed by atoms with van der Waals surface area (Å²) in [5, 5.41) is 3.16. The first-order valence-corrected chi connectivity index (χ1v) is 6.98. The Kier molecular flexibility index (Phi) is 5.61. The smallest absolute Gasteiger partial charge is 0.254 e. The molecule has 4 nitrogen and oxygen atoms in total. The number of nitrogens with one attached hydrogen (secondary N) is 1. The number of halogens is 2. The quantitative estimate of drug-likeness (QED) is 0.830. The molecule has 0 bridgehead atoms. The molecule has 116 valence electrons. The molecule has 2 aromatic rings. The zero-order chi connectivity index (χ0) is 15.9. The second-order valence-electron chi connectivity index (χ2n) is 4.41. The van der Waals surface area contributed by atoms with E-state index in [1.165, 1.54) is 19.2 Å². The number of ether oxygens (including phenoxy) is 2. The van der Waals surface area contributed by atoms with Crippen molar-refractivity contribution in [3.8, 4) is 11.5 Å². The van der Waals surface area contributed by atoms with Crippen LogP contribution in [0.2, 0.25) is 5.02 Å². The van der Waals surface area contributed by atoms with E-state index in [1.54, 1.807) is 24.3 Å². The van der Waals surface area contributed by atoms with Crippen LogP contribution in [0.25, 0.3) is 0 Å². The van der Waals surface area contributed by atoms with Crippen molar-refractivity contribution in [2.24, 2.45) is 0 Å². The van der Waals surface area contributed by atoms with E-state index in [4.69, 9.17) is 21.1 Å². The van der Waals surface area contributed by atoms with Gasteiger partial charge in [-0.15, -0.1) is 0 Å². The first kappa shape index (κ1) is 16.1. The van der Waals surface area contributed by atoms with Crippen molar-refractivity contribution in [2.45, 2.75) is 0 Å². The first-order valence-electron chi connectivity index (χ1n) is 6.60. The van der Waals surface area contributed by atoms with Crippen LogP contribution in [0.4, 0.5) is 4.39 Å². The minimum absolute atomic E-state index is 0.0384. The van der Waals surface area contributed by atoms with E-state index in [2.05, 4.69) is 5.32 Å². The van der Waals surface area contributed by atoms with Gasteiger partial charge in [0, 0.05) is 11.1 Å². The van der Waals surface area contributed by atoms with Crippen LogP contribution in [-0.2, 0) is 0 Å². The van der Waals surface area contributed by atoms with Crippen LogP contribution in [0.3, 0.4) is 0 Å². The van der Waals surface area contributed by atoms with Gasteiger partial charge in [-0.1, -0.05) is 17.7 Å². The molecular formula is C16H15ClFNO3. The predicted octanol–water partition coefficient (Wildman–Crippen LogP) is 3.30. The maximum Gasteiger partial charge on any atom is 0.254 e. The van der Waals surface area contributed by atoms with Crippen molar-refractivity contribution in [1.82, 2.24) is 5.32 Å². The molecule has 0 saturated heterocycles. The fraction of sp³-hybridized carbons (Fsp3) is 0.188. The average molecular weight is 324 g/mol. The van der Waals surface area contributed by atoms with E-state index < -0.39 is 11.7 Å². The molecule has 0 aliphatic heterocycles. The number of benzene rings is 2. The largest absolute Gasteiger partial charge is 0.497 e. The molecule has 0 atom stereocenters. The van der Waals surface area contributed by atoms with Gasteiger partial charge in [-0.25, -0.2) is 4.39 Å². The lowest BCUT2D eigenvalue weighted by molar-refractivity contribution is 0.0943. The maximum absolute atomic E-state index is 13.7. The molecule has 1 amide bonds. The van der Waals surface area contributed by atoms with E-state index in [0.29, 0.717) is 16.5 Å². The molecule has 0 unspecified atom stereocenters. The molecule has 0 spiro atoms. The zero-order valence-electron chi connectivity index (χ0n) is 11.9. The Labute approximate surface area is 132 Å². The summed E-state index contributed by atoms with van der Waals surface area (Å²) in [6.45, 7) is 0.501. The molecule has 6 heteroatoms. The molecule has 22 heavy (non-hydrogen) atoms. The van der Waals surface area contributed by atoms with Crippen LogP contribution in [0, 0.1) is 5.82 Å². The second-order valence-corrected chi connectivity index (χ2v) is 4.84. The van der Waals surface area contributed by atoms with Gasteiger partial charge in [0.05, 0.1) is 19.2 Å². The molecule has 0 aliphatic carbocycles. The summed E-state index contributed by atoms with van der Waals surface area (Å²) >= 11 is 5.83. The third-order valence-electron chi connectivity index (χ3n) is 2.87. The summed E-state index contributed by atoms with van der Waals surface area (Å²) in [5.41, 5.74) is -0.0384. The van der Waals surface area contributed by atoms with E-state index >= 15 is 0 Å². The highest BCUT2D eigenvalue weighted by Crippen LogP contribution is 2.17. The number of carbonyl (C=O) groups is 1. The normalized spacial score (nSPS) is 10.1. The summed E-state index contributed by atoms with van der Waals surface area (Å²) in [5.74, 6) is -0.168. The topological polar surface area (TPSA) is 47.6 Å². The van der Waals surface area contributed by atoms with E-state index in [-0.39, 0.29) is 18.7 Å². The van der Waals surface area contributed by atoms with Gasteiger partial charge in [0.15, 0.2) is 0 Å². The van der Waals surface area contributed by atoms with Gasteiger partial charge in [0.25, 0.3) is 5.91 Å². The Hall–Kier alpha value is -2.27. The Morgan fingerprint density at radius 1 is 1.23 bits per heavy atom. The Bertz CT molecular complexity index is 664. The second kappa shape index (κ2) is 7.66. The molecule has 0 aliphatic rings. The van der Waals surface area contributed by atoms with Crippen LogP contribution in [0.15, 0.2) is 42.5 Å². The summed E-state index contributed by atoms with van der Waals surface area (Å²) < 4.78 is 24.0. The Morgan fingerprint density at radius 2 is 2.05 bits per heavy atom. The molecule has 0 heterocycles. The molecule has 0 radical (unpaired) electrons. The highest BCUT2D eigenvalue weighted by atomic mass is 35.5. The molecule has 2 rings (SSSR count). The van der Waals surface area contributed by atoms with Crippen LogP contribution in [0.5, 0.6) is 11.5 Å². The van der Waals surface area contributed by atoms with Gasteiger partial charge in [0.2, 0.25) is 0 Å². The van der Waals surface area contributed by atoms with Gasteiger partial charge < -0.3 is 14.8 Å². The SMILES string of the molecule is COc1ccc(C(=O)NCCOc2cccc(Cl)c2)c(F)c1. The number of hydrogen-bond acceptors (Lipinski definition) is 3. The first-order chi connectivity index (χ1) is 10.6. The van der Waals surface area contributed by atoms with Crippen molar-refractivity contribution in [3.63, 3.8) is 0 Å². The number of hydrogen-bond donors (Lipinski definition) is 1. The number of methoxy groups -OCH3 is 1. The van der Waals surface area contributed by atoms with E-state index in [1.807, 2.05) is 0 Å². The van der Waals surface area contributed by atoms with Crippen molar-refractivity contribution >= 4 is 17.5 Å². The maximum atomic E-state index is 13.7. The van der Waals surface area contributed by atoms with Gasteiger partial charge >= 0.3 is 0 Å². The highest BCUT2D eigenvalue weighted by molar-refractivity contribution is 6.30. The molecule has 0 saturated carbocycles. The van der Waals surface area contributed by atoms with Crippen molar-refractivity contribution < 1.29 is 18.7 Å². The molecule has 0 aromatic heterocycles. The van der Waals surface area contributed by atoms with Gasteiger partial charge in [-0.2, -0.15) is 0 Å². The summed E-state index contributed by atoms with van der Waals surface area (Å²) in [7, 11) is 1.43. The fourth-order valence-electron chi connectivity index (χ4n) is 1.79. The predicted molar refractivity (Wildman–Crippen MR) is 82.2 cm³/mol. The Morgan fingerprint density at radius 3 is 2.73 bits per heavy atom. The van der Waals surface area contributed by atoms with Crippen molar-refractivity contribution in [2.75, 3.05) is 20.3 Å². The molecule has 2 aromatic carbocycles. The lowest BCUT2D eigenvalue weighted by Gasteiger charge is -2.09. The van der Waals surface area contributed by atoms with Gasteiger partial charge in [0.1, 0.15) is 23.9 Å². The highest BCUT2D eigenvalue weighted by Gasteiger charge is 2.12. The fourth-order valence-corrected chi connectivity index (χ4v) is 1.97. The van der Waals surface area contributed by atoms with Crippen LogP contribution in [-0.4, -0.2) is 26.2 Å². The third-order valence-corrected chi connectivity index (χ3v) is 3.11. The van der Waals surface area contributed by atoms with Crippen LogP contribution in [0.1, 0.15) is 10.4 Å². The standard InChI is InChI=1S/C16H15ClFNO3/c1-21-12-5-6-14(15(18)10-12)16(20)19-7-8-22-13-4-2-3-11(17)9-13/h2-6,9-10H,7-8H2,1H3,(H,19,20). The molecule has 0 fully saturated rings. The summed E-state index contributed by atoms with van der Waals surface area (Å²) in [6.07, 6.45) is 0. The summed E-state index contributed by atoms with van der Waals surface area (Å²) in [4.78, 5) is 11.9. The van der Waals surface area contributed by atoms with E-state index in [9.17, 15) is 9.18 Å². The molecular weight excluding hydrogens is 309 g/mol. The van der Waals surface area contributed by atoms with Crippen LogP contribution < -0.4 is 14.8 Å². The van der Waals surface area contributed by atoms with Gasteiger partial charge in [-0.05, 0) is 30.3 Å². The third kappa shape index (κ3) is 4.36. The van der Waals surface area contributed by atoms with Crippen molar-refractivity contribution in [1.29, 1.82) is 0 Å². The zero-order valence-corrected chi connectivity index (χ0v) is 12.7. The summed E-state index contributed by atoms with van der Waals surface area (Å²) in [6, 6.07) is 11.0.